The highest BCUT2D eigenvalue weighted by molar-refractivity contribution is 5.95. The van der Waals surface area contributed by atoms with Gasteiger partial charge in [-0.3, -0.25) is 14.5 Å². The standard InChI is InChI=1S/C25H27N7O3/c1-2-35-25(34)20-12-32-22(27-20)13-31(14-23(32)28-21-11-19(29-30-21)15-3-4-15)18-9-5-16(6-10-18)24(33)26-17-7-8-17/h5-6,9-12,14-15,17H,2-4,7-8,13H2,1H3,(H,26,33)(H2,28,29,30). The molecule has 0 bridgehead atoms. The molecule has 2 aromatic heterocycles. The SMILES string of the molecule is CCOC(=O)c1cn2c(n1)CN(c1ccc(C(=O)NC3CC3)cc1)C=C2Nc1cc(C2CC2)[nH]n1. The summed E-state index contributed by atoms with van der Waals surface area (Å²) in [6, 6.07) is 9.83. The number of nitrogens with one attached hydrogen (secondary N) is 3. The van der Waals surface area contributed by atoms with Crippen molar-refractivity contribution < 1.29 is 14.3 Å². The van der Waals surface area contributed by atoms with E-state index in [2.05, 4.69) is 25.8 Å². The second-order valence-electron chi connectivity index (χ2n) is 9.18. The van der Waals surface area contributed by atoms with Crippen molar-refractivity contribution in [3.63, 3.8) is 0 Å². The molecule has 2 fully saturated rings. The number of benzene rings is 1. The lowest BCUT2D eigenvalue weighted by Gasteiger charge is -2.28. The van der Waals surface area contributed by atoms with Gasteiger partial charge in [-0.15, -0.1) is 0 Å². The highest BCUT2D eigenvalue weighted by Crippen LogP contribution is 2.39. The van der Waals surface area contributed by atoms with Gasteiger partial charge in [0, 0.05) is 47.4 Å². The predicted molar refractivity (Wildman–Crippen MR) is 130 cm³/mol. The summed E-state index contributed by atoms with van der Waals surface area (Å²) in [6.07, 6.45) is 8.11. The van der Waals surface area contributed by atoms with Gasteiger partial charge in [0.05, 0.1) is 13.2 Å². The van der Waals surface area contributed by atoms with Crippen molar-refractivity contribution in [3.05, 3.63) is 65.5 Å². The maximum atomic E-state index is 12.4. The number of carbonyl (C=O) groups excluding carboxylic acids is 2. The van der Waals surface area contributed by atoms with Crippen LogP contribution in [0, 0.1) is 0 Å². The Kier molecular flexibility index (Phi) is 5.28. The third kappa shape index (κ3) is 4.51. The van der Waals surface area contributed by atoms with E-state index in [0.29, 0.717) is 41.5 Å². The first-order chi connectivity index (χ1) is 17.1. The van der Waals surface area contributed by atoms with Crippen LogP contribution in [0.3, 0.4) is 0 Å². The molecular weight excluding hydrogens is 446 g/mol. The van der Waals surface area contributed by atoms with Gasteiger partial charge in [-0.25, -0.2) is 9.78 Å². The Morgan fingerprint density at radius 1 is 1.17 bits per heavy atom. The quantitative estimate of drug-likeness (QED) is 0.429. The van der Waals surface area contributed by atoms with Crippen LogP contribution in [-0.4, -0.2) is 44.3 Å². The Labute approximate surface area is 202 Å². The molecule has 0 atom stereocenters. The van der Waals surface area contributed by atoms with Gasteiger partial charge in [0.15, 0.2) is 11.5 Å². The zero-order valence-corrected chi connectivity index (χ0v) is 19.5. The fourth-order valence-corrected chi connectivity index (χ4v) is 4.14. The van der Waals surface area contributed by atoms with E-state index in [1.807, 2.05) is 46.0 Å². The van der Waals surface area contributed by atoms with Gasteiger partial charge in [-0.05, 0) is 56.9 Å². The molecule has 3 aromatic rings. The number of esters is 1. The van der Waals surface area contributed by atoms with Crippen molar-refractivity contribution in [2.24, 2.45) is 0 Å². The van der Waals surface area contributed by atoms with Crippen LogP contribution < -0.4 is 15.5 Å². The first-order valence-corrected chi connectivity index (χ1v) is 12.0. The molecule has 2 aliphatic carbocycles. The van der Waals surface area contributed by atoms with E-state index in [0.717, 1.165) is 24.2 Å². The van der Waals surface area contributed by atoms with E-state index in [1.54, 1.807) is 13.1 Å². The second kappa shape index (κ2) is 8.61. The average molecular weight is 474 g/mol. The van der Waals surface area contributed by atoms with Crippen molar-refractivity contribution in [1.29, 1.82) is 0 Å². The molecule has 3 N–H and O–H groups in total. The van der Waals surface area contributed by atoms with E-state index in [-0.39, 0.29) is 18.2 Å². The Morgan fingerprint density at radius 3 is 2.69 bits per heavy atom. The van der Waals surface area contributed by atoms with Gasteiger partial charge in [0.2, 0.25) is 0 Å². The number of rotatable bonds is 8. The Morgan fingerprint density at radius 2 is 1.97 bits per heavy atom. The smallest absolute Gasteiger partial charge is 0.358 e. The highest BCUT2D eigenvalue weighted by Gasteiger charge is 2.28. The number of nitrogens with zero attached hydrogens (tertiary/aromatic N) is 4. The van der Waals surface area contributed by atoms with Crippen molar-refractivity contribution in [3.8, 4) is 0 Å². The maximum Gasteiger partial charge on any atom is 0.358 e. The minimum atomic E-state index is -0.456. The van der Waals surface area contributed by atoms with Crippen molar-refractivity contribution in [2.45, 2.75) is 51.1 Å². The molecule has 0 radical (unpaired) electrons. The van der Waals surface area contributed by atoms with Crippen LogP contribution in [0.2, 0.25) is 0 Å². The molecule has 1 aromatic carbocycles. The molecule has 3 heterocycles. The van der Waals surface area contributed by atoms with Crippen molar-refractivity contribution in [2.75, 3.05) is 16.8 Å². The Hall–Kier alpha value is -4.08. The average Bonchev–Trinajstić information content (AvgIpc) is 3.79. The number of aromatic nitrogens is 4. The predicted octanol–water partition coefficient (Wildman–Crippen LogP) is 3.44. The first-order valence-electron chi connectivity index (χ1n) is 12.0. The van der Waals surface area contributed by atoms with Gasteiger partial charge in [-0.1, -0.05) is 0 Å². The molecule has 10 nitrogen and oxygen atoms in total. The molecule has 1 aliphatic heterocycles. The number of hydrogen-bond donors (Lipinski definition) is 3. The number of anilines is 2. The monoisotopic (exact) mass is 473 g/mol. The van der Waals surface area contributed by atoms with Crippen LogP contribution in [0.1, 0.15) is 70.9 Å². The Balaban J connectivity index is 1.28. The number of H-pyrrole nitrogens is 1. The largest absolute Gasteiger partial charge is 0.461 e. The zero-order chi connectivity index (χ0) is 23.9. The number of hydrogen-bond acceptors (Lipinski definition) is 7. The highest BCUT2D eigenvalue weighted by atomic mass is 16.5. The van der Waals surface area contributed by atoms with E-state index >= 15 is 0 Å². The van der Waals surface area contributed by atoms with Gasteiger partial charge >= 0.3 is 5.97 Å². The zero-order valence-electron chi connectivity index (χ0n) is 19.5. The fourth-order valence-electron chi connectivity index (χ4n) is 4.14. The molecule has 3 aliphatic rings. The lowest BCUT2D eigenvalue weighted by Crippen LogP contribution is -2.27. The number of carbonyl (C=O) groups is 2. The topological polar surface area (TPSA) is 117 Å². The lowest BCUT2D eigenvalue weighted by molar-refractivity contribution is 0.0519. The van der Waals surface area contributed by atoms with Gasteiger partial charge < -0.3 is 20.3 Å². The summed E-state index contributed by atoms with van der Waals surface area (Å²) < 4.78 is 7.00. The van der Waals surface area contributed by atoms with E-state index < -0.39 is 5.97 Å². The number of ether oxygens (including phenoxy) is 1. The molecule has 0 saturated heterocycles. The summed E-state index contributed by atoms with van der Waals surface area (Å²) in [6.45, 7) is 2.50. The summed E-state index contributed by atoms with van der Waals surface area (Å²) in [4.78, 5) is 31.3. The summed E-state index contributed by atoms with van der Waals surface area (Å²) in [5, 5.41) is 13.9. The summed E-state index contributed by atoms with van der Waals surface area (Å²) in [5.41, 5.74) is 2.92. The molecule has 0 spiro atoms. The van der Waals surface area contributed by atoms with Crippen LogP contribution in [0.5, 0.6) is 0 Å². The van der Waals surface area contributed by atoms with Crippen LogP contribution in [0.25, 0.3) is 5.82 Å². The maximum absolute atomic E-state index is 12.4. The molecule has 6 rings (SSSR count). The number of amides is 1. The van der Waals surface area contributed by atoms with Gasteiger partial charge in [0.25, 0.3) is 5.91 Å². The van der Waals surface area contributed by atoms with Crippen molar-refractivity contribution >= 4 is 29.2 Å². The third-order valence-electron chi connectivity index (χ3n) is 6.36. The molecule has 10 heteroatoms. The molecule has 35 heavy (non-hydrogen) atoms. The van der Waals surface area contributed by atoms with Crippen molar-refractivity contribution in [1.82, 2.24) is 25.1 Å². The van der Waals surface area contributed by atoms with Crippen LogP contribution >= 0.6 is 0 Å². The molecular formula is C25H27N7O3. The number of fused-ring (bicyclic) bond motifs is 1. The summed E-state index contributed by atoms with van der Waals surface area (Å²) in [5.74, 6) is 2.15. The van der Waals surface area contributed by atoms with Crippen LogP contribution in [-0.2, 0) is 11.3 Å². The summed E-state index contributed by atoms with van der Waals surface area (Å²) >= 11 is 0. The molecule has 180 valence electrons. The minimum Gasteiger partial charge on any atom is -0.461 e. The normalized spacial score (nSPS) is 16.9. The molecule has 1 amide bonds. The third-order valence-corrected chi connectivity index (χ3v) is 6.36. The number of imidazole rings is 1. The van der Waals surface area contributed by atoms with Gasteiger partial charge in [0.1, 0.15) is 11.6 Å². The van der Waals surface area contributed by atoms with E-state index in [4.69, 9.17) is 4.74 Å². The number of aromatic amines is 1. The first kappa shape index (κ1) is 21.5. The summed E-state index contributed by atoms with van der Waals surface area (Å²) in [7, 11) is 0. The second-order valence-corrected chi connectivity index (χ2v) is 9.18. The minimum absolute atomic E-state index is 0.0461. The molecule has 0 unspecified atom stereocenters. The lowest BCUT2D eigenvalue weighted by atomic mass is 10.1. The van der Waals surface area contributed by atoms with Gasteiger partial charge in [-0.2, -0.15) is 5.10 Å². The Bertz CT molecular complexity index is 1300. The molecule has 2 saturated carbocycles. The van der Waals surface area contributed by atoms with E-state index in [9.17, 15) is 9.59 Å². The van der Waals surface area contributed by atoms with Crippen LogP contribution in [0.15, 0.2) is 42.7 Å². The van der Waals surface area contributed by atoms with Crippen LogP contribution in [0.4, 0.5) is 11.5 Å². The fraction of sp³-hybridized carbons (Fsp3) is 0.360. The van der Waals surface area contributed by atoms with E-state index in [1.165, 1.54) is 12.8 Å².